The molecule has 0 amide bonds. The van der Waals surface area contributed by atoms with E-state index in [2.05, 4.69) is 10.2 Å². The summed E-state index contributed by atoms with van der Waals surface area (Å²) >= 11 is 5.69. The molecule has 1 aliphatic heterocycles. The van der Waals surface area contributed by atoms with E-state index in [1.165, 1.54) is 12.1 Å². The molecule has 0 saturated carbocycles. The number of alkyl halides is 3. The van der Waals surface area contributed by atoms with E-state index < -0.39 is 11.7 Å². The monoisotopic (exact) mass is 328 g/mol. The summed E-state index contributed by atoms with van der Waals surface area (Å²) < 4.78 is 39.2. The normalized spacial score (nSPS) is 18.4. The predicted octanol–water partition coefficient (Wildman–Crippen LogP) is 3.75. The van der Waals surface area contributed by atoms with Crippen molar-refractivity contribution in [2.24, 2.45) is 0 Å². The first kappa shape index (κ1) is 17.6. The lowest BCUT2D eigenvalue weighted by molar-refractivity contribution is -0.138. The topological polar surface area (TPSA) is 15.3 Å². The third-order valence-electron chi connectivity index (χ3n) is 3.47. The highest BCUT2D eigenvalue weighted by Crippen LogP contribution is 2.37. The van der Waals surface area contributed by atoms with E-state index in [1.54, 1.807) is 0 Å². The molecule has 114 valence electrons. The minimum Gasteiger partial charge on any atom is -0.314 e. The van der Waals surface area contributed by atoms with Crippen LogP contribution in [0.2, 0.25) is 5.02 Å². The van der Waals surface area contributed by atoms with Crippen molar-refractivity contribution in [1.29, 1.82) is 0 Å². The lowest BCUT2D eigenvalue weighted by Gasteiger charge is -2.34. The standard InChI is InChI=1S/C13H16ClF3N2.ClH/c1-9(19-6-4-18-5-7-19)11-3-2-10(14)8-12(11)13(15,16)17;/h2-3,8-9,18H,4-7H2,1H3;1H/t9-;/m0./s1. The van der Waals surface area contributed by atoms with E-state index >= 15 is 0 Å². The van der Waals surface area contributed by atoms with Crippen LogP contribution in [0.1, 0.15) is 24.1 Å². The molecule has 2 rings (SSSR count). The van der Waals surface area contributed by atoms with Gasteiger partial charge in [0.2, 0.25) is 0 Å². The summed E-state index contributed by atoms with van der Waals surface area (Å²) in [6.45, 7) is 4.92. The van der Waals surface area contributed by atoms with Crippen molar-refractivity contribution >= 4 is 24.0 Å². The van der Waals surface area contributed by atoms with Crippen molar-refractivity contribution in [2.45, 2.75) is 19.1 Å². The maximum Gasteiger partial charge on any atom is 0.416 e. The van der Waals surface area contributed by atoms with Crippen LogP contribution >= 0.6 is 24.0 Å². The van der Waals surface area contributed by atoms with Crippen LogP contribution in [0.3, 0.4) is 0 Å². The van der Waals surface area contributed by atoms with Gasteiger partial charge in [0, 0.05) is 37.2 Å². The zero-order chi connectivity index (χ0) is 14.0. The second kappa shape index (κ2) is 6.98. The summed E-state index contributed by atoms with van der Waals surface area (Å²) in [6, 6.07) is 3.74. The van der Waals surface area contributed by atoms with Gasteiger partial charge in [-0.1, -0.05) is 17.7 Å². The number of hydrogen-bond acceptors (Lipinski definition) is 2. The largest absolute Gasteiger partial charge is 0.416 e. The predicted molar refractivity (Wildman–Crippen MR) is 76.6 cm³/mol. The Morgan fingerprint density at radius 3 is 2.40 bits per heavy atom. The highest BCUT2D eigenvalue weighted by Gasteiger charge is 2.35. The molecule has 1 aromatic carbocycles. The Hall–Kier alpha value is -0.490. The molecule has 1 saturated heterocycles. The molecule has 2 nitrogen and oxygen atoms in total. The van der Waals surface area contributed by atoms with Crippen molar-refractivity contribution in [3.63, 3.8) is 0 Å². The van der Waals surface area contributed by atoms with Crippen molar-refractivity contribution in [2.75, 3.05) is 26.2 Å². The Kier molecular flexibility index (Phi) is 6.13. The van der Waals surface area contributed by atoms with E-state index in [-0.39, 0.29) is 23.5 Å². The van der Waals surface area contributed by atoms with Gasteiger partial charge in [-0.15, -0.1) is 12.4 Å². The summed E-state index contributed by atoms with van der Waals surface area (Å²) in [6.07, 6.45) is -4.37. The van der Waals surface area contributed by atoms with Gasteiger partial charge in [-0.05, 0) is 24.6 Å². The minimum atomic E-state index is -4.37. The number of hydrogen-bond donors (Lipinski definition) is 1. The molecule has 0 spiro atoms. The van der Waals surface area contributed by atoms with Gasteiger partial charge in [-0.25, -0.2) is 0 Å². The average Bonchev–Trinajstić information content (AvgIpc) is 2.38. The second-order valence-electron chi connectivity index (χ2n) is 4.69. The summed E-state index contributed by atoms with van der Waals surface area (Å²) in [7, 11) is 0. The number of halogens is 5. The number of piperazine rings is 1. The van der Waals surface area contributed by atoms with Crippen LogP contribution in [0.4, 0.5) is 13.2 Å². The quantitative estimate of drug-likeness (QED) is 0.889. The van der Waals surface area contributed by atoms with Crippen LogP contribution in [0.5, 0.6) is 0 Å². The van der Waals surface area contributed by atoms with Gasteiger partial charge in [0.05, 0.1) is 5.56 Å². The number of rotatable bonds is 2. The Morgan fingerprint density at radius 2 is 1.85 bits per heavy atom. The third-order valence-corrected chi connectivity index (χ3v) is 3.71. The van der Waals surface area contributed by atoms with E-state index in [9.17, 15) is 13.2 Å². The molecule has 0 aliphatic carbocycles. The molecule has 1 fully saturated rings. The maximum absolute atomic E-state index is 13.1. The van der Waals surface area contributed by atoms with Crippen molar-refractivity contribution < 1.29 is 13.2 Å². The number of benzene rings is 1. The van der Waals surface area contributed by atoms with Crippen LogP contribution < -0.4 is 5.32 Å². The Balaban J connectivity index is 0.00000200. The SMILES string of the molecule is C[C@@H](c1ccc(Cl)cc1C(F)(F)F)N1CCNCC1.Cl. The molecule has 0 bridgehead atoms. The summed E-state index contributed by atoms with van der Waals surface area (Å²) in [4.78, 5) is 2.05. The zero-order valence-electron chi connectivity index (χ0n) is 11.0. The van der Waals surface area contributed by atoms with Gasteiger partial charge in [0.1, 0.15) is 0 Å². The molecular formula is C13H17Cl2F3N2. The first-order valence-electron chi connectivity index (χ1n) is 6.21. The first-order chi connectivity index (χ1) is 8.89. The Labute approximate surface area is 127 Å². The van der Waals surface area contributed by atoms with Crippen molar-refractivity contribution in [3.8, 4) is 0 Å². The van der Waals surface area contributed by atoms with Gasteiger partial charge in [-0.3, -0.25) is 4.90 Å². The average molecular weight is 329 g/mol. The summed E-state index contributed by atoms with van der Waals surface area (Å²) in [5.41, 5.74) is -0.343. The van der Waals surface area contributed by atoms with E-state index in [1.807, 2.05) is 6.92 Å². The Morgan fingerprint density at radius 1 is 1.25 bits per heavy atom. The fourth-order valence-corrected chi connectivity index (χ4v) is 2.58. The minimum absolute atomic E-state index is 0. The fraction of sp³-hybridized carbons (Fsp3) is 0.538. The van der Waals surface area contributed by atoms with Gasteiger partial charge in [0.15, 0.2) is 0 Å². The van der Waals surface area contributed by atoms with Crippen LogP contribution in [0.25, 0.3) is 0 Å². The highest BCUT2D eigenvalue weighted by atomic mass is 35.5. The molecule has 7 heteroatoms. The Bertz CT molecular complexity index is 446. The molecule has 0 unspecified atom stereocenters. The molecule has 0 aromatic heterocycles. The van der Waals surface area contributed by atoms with Crippen LogP contribution in [0, 0.1) is 0 Å². The zero-order valence-corrected chi connectivity index (χ0v) is 12.6. The lowest BCUT2D eigenvalue weighted by atomic mass is 9.99. The molecular weight excluding hydrogens is 312 g/mol. The summed E-state index contributed by atoms with van der Waals surface area (Å²) in [5.74, 6) is 0. The van der Waals surface area contributed by atoms with Crippen LogP contribution in [-0.2, 0) is 6.18 Å². The summed E-state index contributed by atoms with van der Waals surface area (Å²) in [5, 5.41) is 3.30. The van der Waals surface area contributed by atoms with Crippen LogP contribution in [-0.4, -0.2) is 31.1 Å². The van der Waals surface area contributed by atoms with Gasteiger partial charge in [-0.2, -0.15) is 13.2 Å². The molecule has 20 heavy (non-hydrogen) atoms. The molecule has 1 heterocycles. The van der Waals surface area contributed by atoms with Gasteiger partial charge < -0.3 is 5.32 Å². The van der Waals surface area contributed by atoms with E-state index in [4.69, 9.17) is 11.6 Å². The van der Waals surface area contributed by atoms with Gasteiger partial charge in [0.25, 0.3) is 0 Å². The smallest absolute Gasteiger partial charge is 0.314 e. The molecule has 0 radical (unpaired) electrons. The van der Waals surface area contributed by atoms with E-state index in [0.717, 1.165) is 32.2 Å². The molecule has 1 atom stereocenters. The molecule has 1 aliphatic rings. The van der Waals surface area contributed by atoms with Gasteiger partial charge >= 0.3 is 6.18 Å². The highest BCUT2D eigenvalue weighted by molar-refractivity contribution is 6.30. The second-order valence-corrected chi connectivity index (χ2v) is 5.13. The van der Waals surface area contributed by atoms with E-state index in [0.29, 0.717) is 5.56 Å². The number of nitrogens with one attached hydrogen (secondary N) is 1. The van der Waals surface area contributed by atoms with Crippen molar-refractivity contribution in [3.05, 3.63) is 34.3 Å². The third kappa shape index (κ3) is 4.01. The lowest BCUT2D eigenvalue weighted by Crippen LogP contribution is -2.44. The number of nitrogens with zero attached hydrogens (tertiary/aromatic N) is 1. The molecule has 1 N–H and O–H groups in total. The van der Waals surface area contributed by atoms with Crippen LogP contribution in [0.15, 0.2) is 18.2 Å². The maximum atomic E-state index is 13.1. The van der Waals surface area contributed by atoms with Crippen molar-refractivity contribution in [1.82, 2.24) is 10.2 Å². The molecule has 1 aromatic rings. The fourth-order valence-electron chi connectivity index (χ4n) is 2.40. The first-order valence-corrected chi connectivity index (χ1v) is 6.59.